The highest BCUT2D eigenvalue weighted by molar-refractivity contribution is 7.86. The van der Waals surface area contributed by atoms with Gasteiger partial charge < -0.3 is 10.2 Å². The van der Waals surface area contributed by atoms with Crippen LogP contribution in [0.4, 0.5) is 0 Å². The number of benzene rings is 2. The van der Waals surface area contributed by atoms with E-state index in [0.717, 1.165) is 0 Å². The van der Waals surface area contributed by atoms with E-state index in [-0.39, 0.29) is 10.8 Å². The molecule has 0 atom stereocenters. The van der Waals surface area contributed by atoms with Crippen molar-refractivity contribution in [3.63, 3.8) is 0 Å². The Kier molecular flexibility index (Phi) is 3.20. The molecule has 0 fully saturated rings. The highest BCUT2D eigenvalue weighted by Crippen LogP contribution is 2.28. The number of carbonyl (C=O) groups is 2. The predicted octanol–water partition coefficient (Wildman–Crippen LogP) is 1.28. The van der Waals surface area contributed by atoms with Crippen LogP contribution in [0.1, 0.15) is 20.7 Å². The average Bonchev–Trinajstić information content (AvgIpc) is 2.34. The number of carboxylic acid groups (broad SMARTS) is 2. The fraction of sp³-hybridized carbons (Fsp3) is 0. The normalized spacial score (nSPS) is 11.4. The molecular weight excluding hydrogens is 288 g/mol. The minimum absolute atomic E-state index is 0.0183. The van der Waals surface area contributed by atoms with Crippen molar-refractivity contribution in [3.8, 4) is 0 Å². The highest BCUT2D eigenvalue weighted by atomic mass is 32.2. The fourth-order valence-electron chi connectivity index (χ4n) is 1.86. The number of fused-ring (bicyclic) bond motifs is 1. The van der Waals surface area contributed by atoms with Gasteiger partial charge in [0.05, 0.1) is 11.1 Å². The summed E-state index contributed by atoms with van der Waals surface area (Å²) in [6, 6.07) is 7.89. The van der Waals surface area contributed by atoms with Crippen molar-refractivity contribution in [1.82, 2.24) is 0 Å². The third kappa shape index (κ3) is 2.22. The molecule has 0 aliphatic rings. The Labute approximate surface area is 112 Å². The van der Waals surface area contributed by atoms with E-state index in [4.69, 9.17) is 14.8 Å². The van der Waals surface area contributed by atoms with Crippen LogP contribution in [0.25, 0.3) is 10.8 Å². The van der Waals surface area contributed by atoms with Gasteiger partial charge in [-0.3, -0.25) is 4.55 Å². The van der Waals surface area contributed by atoms with E-state index in [1.807, 2.05) is 0 Å². The van der Waals surface area contributed by atoms with Crippen molar-refractivity contribution in [2.45, 2.75) is 4.90 Å². The number of aromatic carboxylic acids is 2. The molecule has 2 aromatic rings. The number of carboxylic acids is 2. The molecular formula is C12H7O7S. The summed E-state index contributed by atoms with van der Waals surface area (Å²) in [7, 11) is -4.93. The fourth-order valence-corrected chi connectivity index (χ4v) is 2.55. The Balaban J connectivity index is 3.13. The second-order valence-electron chi connectivity index (χ2n) is 3.84. The first-order valence-electron chi connectivity index (χ1n) is 5.15. The topological polar surface area (TPSA) is 129 Å². The van der Waals surface area contributed by atoms with Crippen molar-refractivity contribution < 1.29 is 32.8 Å². The van der Waals surface area contributed by atoms with E-state index in [1.54, 1.807) is 0 Å². The summed E-state index contributed by atoms with van der Waals surface area (Å²) >= 11 is 0. The van der Waals surface area contributed by atoms with Crippen LogP contribution in [0.2, 0.25) is 0 Å². The maximum absolute atomic E-state index is 11.3. The molecule has 3 N–H and O–H groups in total. The lowest BCUT2D eigenvalue weighted by atomic mass is 9.99. The number of rotatable bonds is 3. The molecule has 0 aromatic heterocycles. The summed E-state index contributed by atoms with van der Waals surface area (Å²) in [5.74, 6) is -3.39. The Morgan fingerprint density at radius 1 is 1.00 bits per heavy atom. The van der Waals surface area contributed by atoms with Crippen molar-refractivity contribution >= 4 is 32.8 Å². The van der Waals surface area contributed by atoms with Gasteiger partial charge in [-0.15, -0.1) is 0 Å². The van der Waals surface area contributed by atoms with E-state index in [0.29, 0.717) is 0 Å². The van der Waals surface area contributed by atoms with E-state index in [1.165, 1.54) is 24.3 Å². The molecule has 8 heteroatoms. The lowest BCUT2D eigenvalue weighted by Crippen LogP contribution is -2.15. The van der Waals surface area contributed by atoms with Crippen LogP contribution in [-0.2, 0) is 10.1 Å². The number of hydrogen-bond acceptors (Lipinski definition) is 4. The Morgan fingerprint density at radius 3 is 2.05 bits per heavy atom. The Bertz CT molecular complexity index is 836. The van der Waals surface area contributed by atoms with Gasteiger partial charge in [-0.05, 0) is 10.8 Å². The van der Waals surface area contributed by atoms with Gasteiger partial charge in [0, 0.05) is 6.07 Å². The van der Waals surface area contributed by atoms with Crippen LogP contribution in [0.15, 0.2) is 29.2 Å². The predicted molar refractivity (Wildman–Crippen MR) is 66.5 cm³/mol. The van der Waals surface area contributed by atoms with Crippen LogP contribution < -0.4 is 0 Å². The quantitative estimate of drug-likeness (QED) is 0.727. The first kappa shape index (κ1) is 14.0. The van der Waals surface area contributed by atoms with Crippen LogP contribution in [-0.4, -0.2) is 35.1 Å². The zero-order chi connectivity index (χ0) is 15.1. The van der Waals surface area contributed by atoms with Gasteiger partial charge in [-0.1, -0.05) is 24.3 Å². The van der Waals surface area contributed by atoms with E-state index in [9.17, 15) is 18.0 Å². The third-order valence-corrected chi connectivity index (χ3v) is 3.43. The molecule has 0 amide bonds. The molecule has 7 nitrogen and oxygen atoms in total. The number of hydrogen-bond donors (Lipinski definition) is 3. The SMILES string of the molecule is O=C(O)c1c(S(=O)(=O)O)[c]c2ccccc2c1C(=O)O. The van der Waals surface area contributed by atoms with Crippen molar-refractivity contribution in [1.29, 1.82) is 0 Å². The minimum atomic E-state index is -4.93. The smallest absolute Gasteiger partial charge is 0.338 e. The molecule has 0 spiro atoms. The molecule has 1 radical (unpaired) electrons. The zero-order valence-corrected chi connectivity index (χ0v) is 10.5. The molecule has 0 saturated heterocycles. The summed E-state index contributed by atoms with van der Waals surface area (Å²) < 4.78 is 31.6. The average molecular weight is 295 g/mol. The summed E-state index contributed by atoms with van der Waals surface area (Å²) in [5, 5.41) is 18.3. The van der Waals surface area contributed by atoms with E-state index < -0.39 is 38.1 Å². The molecule has 2 aromatic carbocycles. The van der Waals surface area contributed by atoms with Gasteiger partial charge in [0.25, 0.3) is 10.1 Å². The first-order valence-corrected chi connectivity index (χ1v) is 6.59. The molecule has 0 unspecified atom stereocenters. The van der Waals surface area contributed by atoms with Gasteiger partial charge >= 0.3 is 11.9 Å². The van der Waals surface area contributed by atoms with Crippen LogP contribution >= 0.6 is 0 Å². The summed E-state index contributed by atoms with van der Waals surface area (Å²) in [5.41, 5.74) is -1.72. The van der Waals surface area contributed by atoms with Gasteiger partial charge in [-0.25, -0.2) is 9.59 Å². The van der Waals surface area contributed by atoms with Gasteiger partial charge in [0.1, 0.15) is 4.90 Å². The lowest BCUT2D eigenvalue weighted by Gasteiger charge is -2.10. The molecule has 20 heavy (non-hydrogen) atoms. The van der Waals surface area contributed by atoms with Gasteiger partial charge in [-0.2, -0.15) is 8.42 Å². The van der Waals surface area contributed by atoms with Gasteiger partial charge in [0.15, 0.2) is 0 Å². The minimum Gasteiger partial charge on any atom is -0.478 e. The van der Waals surface area contributed by atoms with Crippen molar-refractivity contribution in [3.05, 3.63) is 41.5 Å². The highest BCUT2D eigenvalue weighted by Gasteiger charge is 2.29. The monoisotopic (exact) mass is 295 g/mol. The largest absolute Gasteiger partial charge is 0.478 e. The maximum Gasteiger partial charge on any atom is 0.338 e. The van der Waals surface area contributed by atoms with E-state index in [2.05, 4.69) is 6.07 Å². The second kappa shape index (κ2) is 4.58. The molecule has 0 bridgehead atoms. The Hall–Kier alpha value is -2.45. The molecule has 0 saturated carbocycles. The van der Waals surface area contributed by atoms with Crippen molar-refractivity contribution in [2.75, 3.05) is 0 Å². The molecule has 0 heterocycles. The zero-order valence-electron chi connectivity index (χ0n) is 9.69. The third-order valence-electron chi connectivity index (χ3n) is 2.61. The molecule has 2 rings (SSSR count). The first-order chi connectivity index (χ1) is 9.23. The maximum atomic E-state index is 11.3. The molecule has 0 aliphatic carbocycles. The summed E-state index contributed by atoms with van der Waals surface area (Å²) in [4.78, 5) is 21.4. The van der Waals surface area contributed by atoms with Crippen molar-refractivity contribution in [2.24, 2.45) is 0 Å². The Morgan fingerprint density at radius 2 is 1.55 bits per heavy atom. The van der Waals surface area contributed by atoms with Gasteiger partial charge in [0.2, 0.25) is 0 Å². The summed E-state index contributed by atoms with van der Waals surface area (Å²) in [6.07, 6.45) is 0. The van der Waals surface area contributed by atoms with Crippen LogP contribution in [0, 0.1) is 6.07 Å². The lowest BCUT2D eigenvalue weighted by molar-refractivity contribution is 0.0649. The van der Waals surface area contributed by atoms with Crippen LogP contribution in [0.3, 0.4) is 0 Å². The standard InChI is InChI=1S/C12H7O7S/c13-11(14)9-7-4-2-1-3-6(7)5-8(20(17,18)19)10(9)12(15)16/h1-4H,(H,13,14)(H,15,16)(H,17,18,19). The van der Waals surface area contributed by atoms with Crippen LogP contribution in [0.5, 0.6) is 0 Å². The van der Waals surface area contributed by atoms with E-state index >= 15 is 0 Å². The molecule has 0 aliphatic heterocycles. The second-order valence-corrected chi connectivity index (χ2v) is 5.19. The summed E-state index contributed by atoms with van der Waals surface area (Å²) in [6.45, 7) is 0. The molecule has 103 valence electrons.